The molecule has 5 aromatic carbocycles. The molecule has 0 atom stereocenters. The van der Waals surface area contributed by atoms with Crippen molar-refractivity contribution in [3.8, 4) is 11.1 Å². The molecule has 40 heavy (non-hydrogen) atoms. The number of fused-ring (bicyclic) bond motifs is 8. The van der Waals surface area contributed by atoms with Gasteiger partial charge < -0.3 is 11.5 Å². The van der Waals surface area contributed by atoms with Crippen LogP contribution < -0.4 is 11.5 Å². The van der Waals surface area contributed by atoms with Crippen molar-refractivity contribution < 1.29 is 0 Å². The number of rotatable bonds is 5. The molecule has 2 aromatic heterocycles. The summed E-state index contributed by atoms with van der Waals surface area (Å²) in [4.78, 5) is 5.14. The molecule has 0 bridgehead atoms. The number of hydrogen-bond acceptors (Lipinski definition) is 3. The van der Waals surface area contributed by atoms with Crippen LogP contribution in [0.5, 0.6) is 0 Å². The van der Waals surface area contributed by atoms with Crippen LogP contribution in [0.2, 0.25) is 0 Å². The molecule has 0 saturated carbocycles. The Kier molecular flexibility index (Phi) is 5.88. The molecular formula is C36H28N4. The lowest BCUT2D eigenvalue weighted by Crippen LogP contribution is -1.95. The maximum atomic E-state index is 6.94. The number of anilines is 1. The highest BCUT2D eigenvalue weighted by Gasteiger charge is 2.17. The SMILES string of the molecule is NC/C=C(\C=Cc1ccccc1-c1ccc2c(nc3c4ccccc4c4ccccc4n23)c1N)c1ccccc1. The molecule has 4 nitrogen and oxygen atoms in total. The van der Waals surface area contributed by atoms with E-state index in [0.29, 0.717) is 12.2 Å². The first-order chi connectivity index (χ1) is 19.7. The van der Waals surface area contributed by atoms with Crippen molar-refractivity contribution in [1.82, 2.24) is 9.38 Å². The monoisotopic (exact) mass is 516 g/mol. The maximum absolute atomic E-state index is 6.94. The molecule has 0 unspecified atom stereocenters. The zero-order valence-electron chi connectivity index (χ0n) is 22.0. The van der Waals surface area contributed by atoms with Gasteiger partial charge in [-0.2, -0.15) is 0 Å². The average molecular weight is 517 g/mol. The van der Waals surface area contributed by atoms with Gasteiger partial charge in [0.1, 0.15) is 11.2 Å². The van der Waals surface area contributed by atoms with Crippen molar-refractivity contribution in [2.75, 3.05) is 12.3 Å². The van der Waals surface area contributed by atoms with Gasteiger partial charge in [-0.1, -0.05) is 121 Å². The Labute approximate surface area is 232 Å². The predicted molar refractivity (Wildman–Crippen MR) is 170 cm³/mol. The van der Waals surface area contributed by atoms with E-state index in [0.717, 1.165) is 55.4 Å². The van der Waals surface area contributed by atoms with E-state index >= 15 is 0 Å². The third-order valence-electron chi connectivity index (χ3n) is 7.61. The van der Waals surface area contributed by atoms with Gasteiger partial charge in [-0.05, 0) is 39.8 Å². The lowest BCUT2D eigenvalue weighted by molar-refractivity contribution is 1.26. The standard InChI is InChI=1S/C36H28N4/c37-23-22-25(24-10-2-1-3-11-24)18-19-26-12-4-5-13-27(26)30-20-21-33-35(34(30)38)39-36-31-16-7-6-14-28(31)29-15-8-9-17-32(29)40(33)36/h1-22H,23,37-38H2/b19-18?,25-22+. The van der Waals surface area contributed by atoms with Gasteiger partial charge in [-0.15, -0.1) is 0 Å². The van der Waals surface area contributed by atoms with Crippen LogP contribution in [0.1, 0.15) is 11.1 Å². The van der Waals surface area contributed by atoms with E-state index in [9.17, 15) is 0 Å². The maximum Gasteiger partial charge on any atom is 0.146 e. The highest BCUT2D eigenvalue weighted by Crippen LogP contribution is 2.38. The summed E-state index contributed by atoms with van der Waals surface area (Å²) in [6.07, 6.45) is 6.30. The lowest BCUT2D eigenvalue weighted by Gasteiger charge is -2.11. The summed E-state index contributed by atoms with van der Waals surface area (Å²) in [5.74, 6) is 0. The van der Waals surface area contributed by atoms with Crippen LogP contribution in [-0.4, -0.2) is 15.9 Å². The quantitative estimate of drug-likeness (QED) is 0.138. The molecule has 4 heteroatoms. The van der Waals surface area contributed by atoms with E-state index < -0.39 is 0 Å². The molecular weight excluding hydrogens is 488 g/mol. The number of nitrogens with zero attached hydrogens (tertiary/aromatic N) is 2. The molecule has 0 aliphatic carbocycles. The van der Waals surface area contributed by atoms with Crippen molar-refractivity contribution in [1.29, 1.82) is 0 Å². The minimum absolute atomic E-state index is 0.469. The lowest BCUT2D eigenvalue weighted by atomic mass is 9.96. The second-order valence-electron chi connectivity index (χ2n) is 9.91. The van der Waals surface area contributed by atoms with Crippen molar-refractivity contribution in [3.63, 3.8) is 0 Å². The van der Waals surface area contributed by atoms with Gasteiger partial charge in [0, 0.05) is 22.9 Å². The number of nitrogen functional groups attached to an aromatic ring is 1. The van der Waals surface area contributed by atoms with Crippen molar-refractivity contribution in [3.05, 3.63) is 139 Å². The number of benzene rings is 5. The molecule has 2 heterocycles. The van der Waals surface area contributed by atoms with Gasteiger partial charge in [0.15, 0.2) is 0 Å². The molecule has 0 spiro atoms. The second kappa shape index (κ2) is 9.84. The number of hydrogen-bond donors (Lipinski definition) is 2. The summed E-state index contributed by atoms with van der Waals surface area (Å²) in [5.41, 5.74) is 22.7. The predicted octanol–water partition coefficient (Wildman–Crippen LogP) is 8.10. The van der Waals surface area contributed by atoms with Crippen molar-refractivity contribution in [2.24, 2.45) is 5.73 Å². The second-order valence-corrected chi connectivity index (χ2v) is 9.91. The number of pyridine rings is 1. The first kappa shape index (κ1) is 23.9. The van der Waals surface area contributed by atoms with Crippen molar-refractivity contribution in [2.45, 2.75) is 0 Å². The molecule has 4 N–H and O–H groups in total. The van der Waals surface area contributed by atoms with E-state index in [1.165, 1.54) is 10.8 Å². The van der Waals surface area contributed by atoms with E-state index in [2.05, 4.69) is 114 Å². The van der Waals surface area contributed by atoms with Gasteiger partial charge >= 0.3 is 0 Å². The minimum Gasteiger partial charge on any atom is -0.396 e. The van der Waals surface area contributed by atoms with Crippen LogP contribution in [0.4, 0.5) is 5.69 Å². The zero-order chi connectivity index (χ0) is 27.1. The normalized spacial score (nSPS) is 12.4. The zero-order valence-corrected chi connectivity index (χ0v) is 22.0. The Hall–Kier alpha value is -5.19. The minimum atomic E-state index is 0.469. The van der Waals surface area contributed by atoms with Crippen molar-refractivity contribution >= 4 is 55.7 Å². The van der Waals surface area contributed by atoms with Gasteiger partial charge in [-0.25, -0.2) is 4.98 Å². The Morgan fingerprint density at radius 3 is 2.20 bits per heavy atom. The van der Waals surface area contributed by atoms with Crippen LogP contribution in [-0.2, 0) is 0 Å². The van der Waals surface area contributed by atoms with Gasteiger partial charge in [-0.3, -0.25) is 4.40 Å². The molecule has 192 valence electrons. The third kappa shape index (κ3) is 3.85. The number of nitrogens with two attached hydrogens (primary N) is 2. The number of allylic oxidation sites excluding steroid dienone is 2. The Balaban J connectivity index is 1.42. The molecule has 0 radical (unpaired) electrons. The molecule has 0 saturated heterocycles. The van der Waals surface area contributed by atoms with Crippen LogP contribution in [0.3, 0.4) is 0 Å². The smallest absolute Gasteiger partial charge is 0.146 e. The number of aromatic nitrogens is 2. The molecule has 0 aliphatic rings. The van der Waals surface area contributed by atoms with Gasteiger partial charge in [0.2, 0.25) is 0 Å². The van der Waals surface area contributed by atoms with E-state index in [4.69, 9.17) is 16.5 Å². The molecule has 7 rings (SSSR count). The van der Waals surface area contributed by atoms with Crippen LogP contribution in [0, 0.1) is 0 Å². The van der Waals surface area contributed by atoms with E-state index in [1.54, 1.807) is 0 Å². The Bertz CT molecular complexity index is 2100. The molecule has 0 aliphatic heterocycles. The topological polar surface area (TPSA) is 69.3 Å². The molecule has 7 aromatic rings. The van der Waals surface area contributed by atoms with E-state index in [-0.39, 0.29) is 0 Å². The Morgan fingerprint density at radius 1 is 0.675 bits per heavy atom. The van der Waals surface area contributed by atoms with E-state index in [1.807, 2.05) is 24.3 Å². The fraction of sp³-hybridized carbons (Fsp3) is 0.0278. The Morgan fingerprint density at radius 2 is 1.38 bits per heavy atom. The van der Waals surface area contributed by atoms with Crippen LogP contribution in [0.25, 0.3) is 61.1 Å². The first-order valence-corrected chi connectivity index (χ1v) is 13.5. The summed E-state index contributed by atoms with van der Waals surface area (Å²) in [6.45, 7) is 0.469. The summed E-state index contributed by atoms with van der Waals surface area (Å²) < 4.78 is 2.24. The first-order valence-electron chi connectivity index (χ1n) is 13.5. The highest BCUT2D eigenvalue weighted by atomic mass is 15.0. The summed E-state index contributed by atoms with van der Waals surface area (Å²) in [5, 5.41) is 3.50. The summed E-state index contributed by atoms with van der Waals surface area (Å²) in [6, 6.07) is 39.8. The fourth-order valence-electron chi connectivity index (χ4n) is 5.74. The summed E-state index contributed by atoms with van der Waals surface area (Å²) >= 11 is 0. The number of imidazole rings is 1. The van der Waals surface area contributed by atoms with Crippen LogP contribution in [0.15, 0.2) is 127 Å². The average Bonchev–Trinajstić information content (AvgIpc) is 3.41. The van der Waals surface area contributed by atoms with Gasteiger partial charge in [0.25, 0.3) is 0 Å². The third-order valence-corrected chi connectivity index (χ3v) is 7.61. The highest BCUT2D eigenvalue weighted by molar-refractivity contribution is 6.15. The molecule has 0 fully saturated rings. The van der Waals surface area contributed by atoms with Crippen LogP contribution >= 0.6 is 0 Å². The summed E-state index contributed by atoms with van der Waals surface area (Å²) in [7, 11) is 0. The molecule has 0 amide bonds. The van der Waals surface area contributed by atoms with Gasteiger partial charge in [0.05, 0.1) is 16.7 Å². The largest absolute Gasteiger partial charge is 0.396 e. The fourth-order valence-corrected chi connectivity index (χ4v) is 5.74. The number of para-hydroxylation sites is 1.